The normalized spacial score (nSPS) is 62.8. The molecule has 0 aromatic heterocycles. The van der Waals surface area contributed by atoms with E-state index in [1.165, 1.54) is 0 Å². The Bertz CT molecular complexity index is 445. The Kier molecular flexibility index (Phi) is 2.14. The smallest absolute Gasteiger partial charge is 0.309 e. The van der Waals surface area contributed by atoms with Gasteiger partial charge in [-0.2, -0.15) is 0 Å². The van der Waals surface area contributed by atoms with Gasteiger partial charge in [0.15, 0.2) is 0 Å². The molecule has 0 amide bonds. The Labute approximate surface area is 113 Å². The average Bonchev–Trinajstić information content (AvgIpc) is 2.80. The van der Waals surface area contributed by atoms with Crippen LogP contribution in [0.1, 0.15) is 40.0 Å². The van der Waals surface area contributed by atoms with Gasteiger partial charge in [-0.3, -0.25) is 4.79 Å². The number of esters is 1. The fourth-order valence-corrected chi connectivity index (χ4v) is 5.01. The van der Waals surface area contributed by atoms with Crippen LogP contribution in [0.25, 0.3) is 0 Å². The Morgan fingerprint density at radius 1 is 1.37 bits per heavy atom. The molecule has 0 unspecified atom stereocenters. The first-order valence-electron chi connectivity index (χ1n) is 7.45. The van der Waals surface area contributed by atoms with Crippen LogP contribution in [0.15, 0.2) is 0 Å². The summed E-state index contributed by atoms with van der Waals surface area (Å²) < 4.78 is 11.5. The van der Waals surface area contributed by atoms with E-state index in [9.17, 15) is 9.90 Å². The summed E-state index contributed by atoms with van der Waals surface area (Å²) in [7, 11) is 0. The molecule has 0 aromatic carbocycles. The van der Waals surface area contributed by atoms with Crippen molar-refractivity contribution in [3.63, 3.8) is 0 Å². The molecule has 2 aliphatic carbocycles. The summed E-state index contributed by atoms with van der Waals surface area (Å²) in [5, 5.41) is 10.8. The van der Waals surface area contributed by atoms with Gasteiger partial charge in [0.1, 0.15) is 6.10 Å². The van der Waals surface area contributed by atoms with Gasteiger partial charge in [-0.1, -0.05) is 6.92 Å². The summed E-state index contributed by atoms with van der Waals surface area (Å²) in [5.41, 5.74) is -0.826. The number of epoxide rings is 1. The highest BCUT2D eigenvalue weighted by Crippen LogP contribution is 2.64. The van der Waals surface area contributed by atoms with Gasteiger partial charge in [0, 0.05) is 11.8 Å². The molecule has 4 aliphatic rings. The Morgan fingerprint density at radius 3 is 2.84 bits per heavy atom. The van der Waals surface area contributed by atoms with Crippen molar-refractivity contribution < 1.29 is 19.4 Å². The van der Waals surface area contributed by atoms with Crippen molar-refractivity contribution in [3.8, 4) is 0 Å². The highest BCUT2D eigenvalue weighted by atomic mass is 16.6. The lowest BCUT2D eigenvalue weighted by molar-refractivity contribution is -0.149. The van der Waals surface area contributed by atoms with Gasteiger partial charge in [-0.15, -0.1) is 0 Å². The molecule has 0 aromatic rings. The largest absolute Gasteiger partial charge is 0.461 e. The van der Waals surface area contributed by atoms with Gasteiger partial charge in [-0.25, -0.2) is 0 Å². The Balaban J connectivity index is 1.76. The van der Waals surface area contributed by atoms with Crippen molar-refractivity contribution in [2.45, 2.75) is 63.4 Å². The van der Waals surface area contributed by atoms with Gasteiger partial charge < -0.3 is 14.6 Å². The number of fused-ring (bicyclic) bond motifs is 5. The fraction of sp³-hybridized carbons (Fsp3) is 0.933. The number of hydrogen-bond donors (Lipinski definition) is 1. The van der Waals surface area contributed by atoms with Crippen molar-refractivity contribution in [1.29, 1.82) is 0 Å². The van der Waals surface area contributed by atoms with E-state index >= 15 is 0 Å². The van der Waals surface area contributed by atoms with Crippen LogP contribution in [0, 0.1) is 23.7 Å². The maximum Gasteiger partial charge on any atom is 0.309 e. The summed E-state index contributed by atoms with van der Waals surface area (Å²) in [6.07, 6.45) is 2.74. The number of carbonyl (C=O) groups excluding carboxylic acids is 1. The summed E-state index contributed by atoms with van der Waals surface area (Å²) in [5.74, 6) is 0.496. The molecule has 0 spiro atoms. The van der Waals surface area contributed by atoms with Crippen LogP contribution in [0.3, 0.4) is 0 Å². The lowest BCUT2D eigenvalue weighted by atomic mass is 9.75. The molecule has 0 bridgehead atoms. The SMILES string of the molecule is C[C@@H]1C(=O)O[C@H]2[C@H]1CC[C@@](C)(O)[C@@H]1C[C@@H]3O[C@]3(C)[C@H]21. The standard InChI is InChI=1S/C15H22O4/c1-7-8-4-5-14(2,17)9-6-10-15(3,19-10)11(9)12(8)18-13(7)16/h7-12,17H,4-6H2,1-3H3/t7-,8-,9+,10-,11-,12-,14+,15-/m0/s1. The van der Waals surface area contributed by atoms with Crippen molar-refractivity contribution in [3.05, 3.63) is 0 Å². The van der Waals surface area contributed by atoms with Crippen molar-refractivity contribution >= 4 is 5.97 Å². The zero-order valence-electron chi connectivity index (χ0n) is 11.8. The molecule has 4 nitrogen and oxygen atoms in total. The van der Waals surface area contributed by atoms with Crippen LogP contribution in [0.4, 0.5) is 0 Å². The quantitative estimate of drug-likeness (QED) is 0.533. The molecule has 106 valence electrons. The van der Waals surface area contributed by atoms with E-state index in [4.69, 9.17) is 9.47 Å². The predicted molar refractivity (Wildman–Crippen MR) is 67.3 cm³/mol. The second kappa shape index (κ2) is 3.34. The first-order chi connectivity index (χ1) is 8.84. The number of ether oxygens (including phenoxy) is 2. The minimum Gasteiger partial charge on any atom is -0.461 e. The third-order valence-corrected chi connectivity index (χ3v) is 6.37. The molecule has 19 heavy (non-hydrogen) atoms. The molecule has 2 heterocycles. The lowest BCUT2D eigenvalue weighted by Crippen LogP contribution is -2.44. The van der Waals surface area contributed by atoms with E-state index in [0.717, 1.165) is 19.3 Å². The van der Waals surface area contributed by atoms with Crippen molar-refractivity contribution in [1.82, 2.24) is 0 Å². The van der Waals surface area contributed by atoms with Crippen molar-refractivity contribution in [2.24, 2.45) is 23.7 Å². The molecular weight excluding hydrogens is 244 g/mol. The van der Waals surface area contributed by atoms with E-state index in [1.807, 2.05) is 13.8 Å². The molecular formula is C15H22O4. The highest BCUT2D eigenvalue weighted by molar-refractivity contribution is 5.75. The van der Waals surface area contributed by atoms with Gasteiger partial charge in [-0.05, 0) is 39.0 Å². The molecule has 0 radical (unpaired) electrons. The van der Waals surface area contributed by atoms with E-state index in [1.54, 1.807) is 0 Å². The molecule has 1 N–H and O–H groups in total. The Morgan fingerprint density at radius 2 is 2.11 bits per heavy atom. The van der Waals surface area contributed by atoms with Gasteiger partial charge >= 0.3 is 5.97 Å². The Hall–Kier alpha value is -0.610. The molecule has 2 aliphatic heterocycles. The average molecular weight is 266 g/mol. The minimum atomic E-state index is -0.652. The topological polar surface area (TPSA) is 59.1 Å². The molecule has 2 saturated carbocycles. The van der Waals surface area contributed by atoms with Crippen molar-refractivity contribution in [2.75, 3.05) is 0 Å². The summed E-state index contributed by atoms with van der Waals surface area (Å²) in [4.78, 5) is 11.9. The third kappa shape index (κ3) is 1.39. The molecule has 8 atom stereocenters. The summed E-state index contributed by atoms with van der Waals surface area (Å²) in [6, 6.07) is 0. The molecule has 4 heteroatoms. The van der Waals surface area contributed by atoms with Crippen LogP contribution < -0.4 is 0 Å². The zero-order chi connectivity index (χ0) is 13.6. The number of hydrogen-bond acceptors (Lipinski definition) is 4. The number of rotatable bonds is 0. The van der Waals surface area contributed by atoms with E-state index in [2.05, 4.69) is 6.92 Å². The lowest BCUT2D eigenvalue weighted by Gasteiger charge is -2.36. The first kappa shape index (κ1) is 12.2. The summed E-state index contributed by atoms with van der Waals surface area (Å²) in [6.45, 7) is 6.04. The van der Waals surface area contributed by atoms with E-state index in [-0.39, 0.29) is 47.4 Å². The van der Waals surface area contributed by atoms with Crippen LogP contribution in [0.5, 0.6) is 0 Å². The van der Waals surface area contributed by atoms with Crippen LogP contribution in [-0.2, 0) is 14.3 Å². The minimum absolute atomic E-state index is 0.0408. The van der Waals surface area contributed by atoms with Crippen LogP contribution in [-0.4, -0.2) is 34.5 Å². The monoisotopic (exact) mass is 266 g/mol. The fourth-order valence-electron chi connectivity index (χ4n) is 5.01. The van der Waals surface area contributed by atoms with Gasteiger partial charge in [0.2, 0.25) is 0 Å². The maximum absolute atomic E-state index is 11.9. The summed E-state index contributed by atoms with van der Waals surface area (Å²) >= 11 is 0. The van der Waals surface area contributed by atoms with Crippen LogP contribution >= 0.6 is 0 Å². The predicted octanol–water partition coefficient (Wildman–Crippen LogP) is 1.50. The molecule has 4 fully saturated rings. The van der Waals surface area contributed by atoms with E-state index in [0.29, 0.717) is 0 Å². The third-order valence-electron chi connectivity index (χ3n) is 6.37. The highest BCUT2D eigenvalue weighted by Gasteiger charge is 2.73. The second-order valence-electron chi connectivity index (χ2n) is 7.41. The maximum atomic E-state index is 11.9. The van der Waals surface area contributed by atoms with Gasteiger partial charge in [0.25, 0.3) is 0 Å². The molecule has 4 rings (SSSR count). The zero-order valence-corrected chi connectivity index (χ0v) is 11.8. The number of carbonyl (C=O) groups is 1. The van der Waals surface area contributed by atoms with Crippen LogP contribution in [0.2, 0.25) is 0 Å². The second-order valence-corrected chi connectivity index (χ2v) is 7.41. The first-order valence-corrected chi connectivity index (χ1v) is 7.45. The molecule has 2 saturated heterocycles. The van der Waals surface area contributed by atoms with E-state index < -0.39 is 5.60 Å². The van der Waals surface area contributed by atoms with Gasteiger partial charge in [0.05, 0.1) is 23.2 Å². The number of aliphatic hydroxyl groups is 1.